The molecule has 0 saturated heterocycles. The van der Waals surface area contributed by atoms with Crippen molar-refractivity contribution in [3.05, 3.63) is 60.3 Å². The Labute approximate surface area is 91.7 Å². The molecule has 1 aliphatic heterocycles. The van der Waals surface area contributed by atoms with Crippen LogP contribution in [0.2, 0.25) is 0 Å². The summed E-state index contributed by atoms with van der Waals surface area (Å²) < 4.78 is 0. The second-order valence-electron chi connectivity index (χ2n) is 3.76. The Kier molecular flexibility index (Phi) is 3.23. The SMILES string of the molecule is CCN1C=CC=CCC1c1ccccc1. The molecule has 2 rings (SSSR count). The fraction of sp³-hybridized carbons (Fsp3) is 0.286. The third-order valence-corrected chi connectivity index (χ3v) is 2.83. The molecule has 0 spiro atoms. The zero-order valence-electron chi connectivity index (χ0n) is 9.13. The fourth-order valence-electron chi connectivity index (χ4n) is 2.01. The van der Waals surface area contributed by atoms with E-state index in [2.05, 4.69) is 66.6 Å². The maximum Gasteiger partial charge on any atom is 0.0571 e. The minimum atomic E-state index is 0.492. The van der Waals surface area contributed by atoms with E-state index in [0.29, 0.717) is 6.04 Å². The van der Waals surface area contributed by atoms with Crippen LogP contribution in [0.15, 0.2) is 54.8 Å². The smallest absolute Gasteiger partial charge is 0.0571 e. The highest BCUT2D eigenvalue weighted by Crippen LogP contribution is 2.26. The highest BCUT2D eigenvalue weighted by Gasteiger charge is 2.15. The first-order chi connectivity index (χ1) is 7.42. The monoisotopic (exact) mass is 199 g/mol. The van der Waals surface area contributed by atoms with Gasteiger partial charge in [0.15, 0.2) is 0 Å². The molecule has 0 aliphatic carbocycles. The lowest BCUT2D eigenvalue weighted by atomic mass is 10.0. The van der Waals surface area contributed by atoms with Gasteiger partial charge in [-0.3, -0.25) is 0 Å². The minimum absolute atomic E-state index is 0.492. The first-order valence-corrected chi connectivity index (χ1v) is 5.56. The summed E-state index contributed by atoms with van der Waals surface area (Å²) in [4.78, 5) is 2.38. The average Bonchev–Trinajstić information content (AvgIpc) is 2.55. The molecule has 0 amide bonds. The molecule has 1 aromatic rings. The summed E-state index contributed by atoms with van der Waals surface area (Å²) >= 11 is 0. The van der Waals surface area contributed by atoms with Gasteiger partial charge in [-0.05, 0) is 31.2 Å². The van der Waals surface area contributed by atoms with Crippen molar-refractivity contribution in [2.24, 2.45) is 0 Å². The molecule has 0 bridgehead atoms. The number of hydrogen-bond donors (Lipinski definition) is 0. The van der Waals surface area contributed by atoms with Crippen molar-refractivity contribution in [1.82, 2.24) is 4.90 Å². The molecule has 0 saturated carbocycles. The van der Waals surface area contributed by atoms with Gasteiger partial charge < -0.3 is 4.90 Å². The Morgan fingerprint density at radius 3 is 2.73 bits per heavy atom. The Hall–Kier alpha value is -1.50. The van der Waals surface area contributed by atoms with Crippen molar-refractivity contribution in [3.63, 3.8) is 0 Å². The van der Waals surface area contributed by atoms with E-state index in [9.17, 15) is 0 Å². The lowest BCUT2D eigenvalue weighted by molar-refractivity contribution is 0.297. The molecule has 1 nitrogen and oxygen atoms in total. The van der Waals surface area contributed by atoms with Crippen LogP contribution in [-0.2, 0) is 0 Å². The van der Waals surface area contributed by atoms with E-state index in [4.69, 9.17) is 0 Å². The predicted octanol–water partition coefficient (Wildman–Crippen LogP) is 3.52. The van der Waals surface area contributed by atoms with Crippen molar-refractivity contribution in [3.8, 4) is 0 Å². The van der Waals surface area contributed by atoms with Gasteiger partial charge in [-0.2, -0.15) is 0 Å². The summed E-state index contributed by atoms with van der Waals surface area (Å²) in [6.07, 6.45) is 9.76. The first-order valence-electron chi connectivity index (χ1n) is 5.56. The lowest BCUT2D eigenvalue weighted by Gasteiger charge is -2.28. The van der Waals surface area contributed by atoms with Gasteiger partial charge in [0.2, 0.25) is 0 Å². The summed E-state index contributed by atoms with van der Waals surface area (Å²) in [6, 6.07) is 11.2. The van der Waals surface area contributed by atoms with Gasteiger partial charge in [-0.25, -0.2) is 0 Å². The van der Waals surface area contributed by atoms with Crippen LogP contribution in [0.3, 0.4) is 0 Å². The van der Waals surface area contributed by atoms with Gasteiger partial charge in [-0.1, -0.05) is 42.5 Å². The number of allylic oxidation sites excluding steroid dienone is 2. The number of nitrogens with zero attached hydrogens (tertiary/aromatic N) is 1. The third-order valence-electron chi connectivity index (χ3n) is 2.83. The molecule has 15 heavy (non-hydrogen) atoms. The molecular formula is C14H17N. The largest absolute Gasteiger partial charge is 0.370 e. The van der Waals surface area contributed by atoms with Gasteiger partial charge in [0.1, 0.15) is 0 Å². The summed E-state index contributed by atoms with van der Waals surface area (Å²) in [5, 5.41) is 0. The molecule has 1 unspecified atom stereocenters. The van der Waals surface area contributed by atoms with Crippen LogP contribution in [0.4, 0.5) is 0 Å². The highest BCUT2D eigenvalue weighted by molar-refractivity contribution is 5.22. The first kappa shape index (κ1) is 10.0. The molecule has 1 heteroatoms. The van der Waals surface area contributed by atoms with Crippen LogP contribution in [-0.4, -0.2) is 11.4 Å². The number of benzene rings is 1. The highest BCUT2D eigenvalue weighted by atomic mass is 15.1. The second kappa shape index (κ2) is 4.83. The molecule has 0 fully saturated rings. The molecule has 0 N–H and O–H groups in total. The van der Waals surface area contributed by atoms with Crippen LogP contribution in [0, 0.1) is 0 Å². The summed E-state index contributed by atoms with van der Waals surface area (Å²) in [5.74, 6) is 0. The number of rotatable bonds is 2. The molecule has 0 radical (unpaired) electrons. The Balaban J connectivity index is 2.26. The van der Waals surface area contributed by atoms with Gasteiger partial charge in [0.25, 0.3) is 0 Å². The van der Waals surface area contributed by atoms with Crippen LogP contribution >= 0.6 is 0 Å². The van der Waals surface area contributed by atoms with Crippen molar-refractivity contribution >= 4 is 0 Å². The van der Waals surface area contributed by atoms with Crippen LogP contribution in [0.1, 0.15) is 24.9 Å². The molecule has 0 aromatic heterocycles. The molecule has 1 aliphatic rings. The third kappa shape index (κ3) is 2.30. The average molecular weight is 199 g/mol. The summed E-state index contributed by atoms with van der Waals surface area (Å²) in [7, 11) is 0. The molecular weight excluding hydrogens is 182 g/mol. The van der Waals surface area contributed by atoms with Gasteiger partial charge in [0.05, 0.1) is 6.04 Å². The molecule has 1 atom stereocenters. The van der Waals surface area contributed by atoms with Gasteiger partial charge in [0, 0.05) is 6.54 Å². The summed E-state index contributed by atoms with van der Waals surface area (Å²) in [6.45, 7) is 3.25. The fourth-order valence-corrected chi connectivity index (χ4v) is 2.01. The van der Waals surface area contributed by atoms with Crippen LogP contribution in [0.5, 0.6) is 0 Å². The van der Waals surface area contributed by atoms with Crippen molar-refractivity contribution in [1.29, 1.82) is 0 Å². The quantitative estimate of drug-likeness (QED) is 0.704. The molecule has 1 heterocycles. The maximum absolute atomic E-state index is 2.38. The Morgan fingerprint density at radius 2 is 2.00 bits per heavy atom. The van der Waals surface area contributed by atoms with Crippen molar-refractivity contribution < 1.29 is 0 Å². The van der Waals surface area contributed by atoms with E-state index in [1.807, 2.05) is 0 Å². The number of hydrogen-bond acceptors (Lipinski definition) is 1. The van der Waals surface area contributed by atoms with E-state index >= 15 is 0 Å². The zero-order chi connectivity index (χ0) is 10.5. The van der Waals surface area contributed by atoms with Gasteiger partial charge in [-0.15, -0.1) is 0 Å². The lowest BCUT2D eigenvalue weighted by Crippen LogP contribution is -2.22. The topological polar surface area (TPSA) is 3.24 Å². The van der Waals surface area contributed by atoms with E-state index in [0.717, 1.165) is 13.0 Å². The summed E-state index contributed by atoms with van der Waals surface area (Å²) in [5.41, 5.74) is 1.40. The predicted molar refractivity (Wildman–Crippen MR) is 64.5 cm³/mol. The van der Waals surface area contributed by atoms with E-state index in [1.54, 1.807) is 0 Å². The van der Waals surface area contributed by atoms with E-state index in [-0.39, 0.29) is 0 Å². The molecule has 78 valence electrons. The van der Waals surface area contributed by atoms with Crippen molar-refractivity contribution in [2.45, 2.75) is 19.4 Å². The Morgan fingerprint density at radius 1 is 1.20 bits per heavy atom. The Bertz CT molecular complexity index is 351. The molecule has 1 aromatic carbocycles. The normalized spacial score (nSPS) is 20.3. The standard InChI is InChI=1S/C14H17N/c1-2-15-12-8-4-7-11-14(15)13-9-5-3-6-10-13/h3-10,12,14H,2,11H2,1H3. The van der Waals surface area contributed by atoms with Gasteiger partial charge >= 0.3 is 0 Å². The van der Waals surface area contributed by atoms with E-state index in [1.165, 1.54) is 5.56 Å². The van der Waals surface area contributed by atoms with Crippen LogP contribution in [0.25, 0.3) is 0 Å². The minimum Gasteiger partial charge on any atom is -0.370 e. The van der Waals surface area contributed by atoms with E-state index < -0.39 is 0 Å². The maximum atomic E-state index is 2.38. The second-order valence-corrected chi connectivity index (χ2v) is 3.76. The van der Waals surface area contributed by atoms with Crippen molar-refractivity contribution in [2.75, 3.05) is 6.54 Å². The zero-order valence-corrected chi connectivity index (χ0v) is 9.13. The van der Waals surface area contributed by atoms with Crippen LogP contribution < -0.4 is 0 Å².